The molecule has 0 fully saturated rings. The fourth-order valence-corrected chi connectivity index (χ4v) is 4.05. The summed E-state index contributed by atoms with van der Waals surface area (Å²) < 4.78 is 3.44. The first-order valence-electron chi connectivity index (χ1n) is 7.90. The first kappa shape index (κ1) is 17.8. The molecule has 1 rings (SSSR count). The Morgan fingerprint density at radius 1 is 1.15 bits per heavy atom. The Morgan fingerprint density at radius 3 is 2.25 bits per heavy atom. The first-order valence-corrected chi connectivity index (χ1v) is 8.78. The van der Waals surface area contributed by atoms with Gasteiger partial charge in [-0.2, -0.15) is 0 Å². The van der Waals surface area contributed by atoms with Crippen molar-refractivity contribution in [2.24, 2.45) is 29.4 Å². The Labute approximate surface area is 129 Å². The quantitative estimate of drug-likeness (QED) is 0.551. The predicted molar refractivity (Wildman–Crippen MR) is 92.6 cm³/mol. The molecular weight excluding hydrogens is 264 g/mol. The highest BCUT2D eigenvalue weighted by molar-refractivity contribution is 7.98. The highest BCUT2D eigenvalue weighted by Gasteiger charge is 2.31. The second-order valence-corrected chi connectivity index (χ2v) is 7.70. The normalized spacial score (nSPS) is 23.5. The van der Waals surface area contributed by atoms with Gasteiger partial charge in [-0.15, -0.1) is 0 Å². The number of nitrogens with two attached hydrogens (primary N) is 1. The van der Waals surface area contributed by atoms with Gasteiger partial charge in [-0.25, -0.2) is 0 Å². The van der Waals surface area contributed by atoms with Crippen LogP contribution in [0.5, 0.6) is 0 Å². The van der Waals surface area contributed by atoms with Crippen molar-refractivity contribution in [3.05, 3.63) is 23.3 Å². The fourth-order valence-electron chi connectivity index (χ4n) is 2.61. The van der Waals surface area contributed by atoms with Crippen LogP contribution in [-0.2, 0) is 0 Å². The molecule has 0 amide bonds. The smallest absolute Gasteiger partial charge is 0.0472 e. The minimum Gasteiger partial charge on any atom is -0.329 e. The van der Waals surface area contributed by atoms with Gasteiger partial charge in [0, 0.05) is 18.3 Å². The standard InChI is InChI=1S/C17H32N2S/c1-11(2)14-9-15(12(3)4)17(20-19-8-7-18)16(10-14)13(5)6/h9-13,15,17,19H,7-8,18H2,1-6H3. The lowest BCUT2D eigenvalue weighted by atomic mass is 9.77. The average Bonchev–Trinajstić information content (AvgIpc) is 2.37. The summed E-state index contributed by atoms with van der Waals surface area (Å²) in [5, 5.41) is 0.532. The van der Waals surface area contributed by atoms with Crippen LogP contribution < -0.4 is 10.5 Å². The minimum absolute atomic E-state index is 0.532. The van der Waals surface area contributed by atoms with Crippen LogP contribution in [0.15, 0.2) is 23.3 Å². The fraction of sp³-hybridized carbons (Fsp3) is 0.765. The van der Waals surface area contributed by atoms with Crippen LogP contribution in [0.4, 0.5) is 0 Å². The molecule has 0 aromatic rings. The van der Waals surface area contributed by atoms with Crippen molar-refractivity contribution in [3.63, 3.8) is 0 Å². The number of rotatable bonds is 7. The van der Waals surface area contributed by atoms with E-state index in [-0.39, 0.29) is 0 Å². The highest BCUT2D eigenvalue weighted by Crippen LogP contribution is 2.40. The van der Waals surface area contributed by atoms with Gasteiger partial charge in [-0.05, 0) is 29.2 Å². The lowest BCUT2D eigenvalue weighted by molar-refractivity contribution is 0.445. The molecule has 0 radical (unpaired) electrons. The van der Waals surface area contributed by atoms with E-state index in [4.69, 9.17) is 5.73 Å². The molecule has 1 aliphatic carbocycles. The van der Waals surface area contributed by atoms with Gasteiger partial charge in [0.05, 0.1) is 0 Å². The maximum absolute atomic E-state index is 5.59. The SMILES string of the molecule is CC(C)C1=CC(C(C)C)C(SNCCN)C(C(C)C)=C1. The molecule has 3 N–H and O–H groups in total. The van der Waals surface area contributed by atoms with Gasteiger partial charge in [-0.3, -0.25) is 4.72 Å². The van der Waals surface area contributed by atoms with Crippen LogP contribution in [0.2, 0.25) is 0 Å². The van der Waals surface area contributed by atoms with E-state index in [0.29, 0.717) is 35.5 Å². The Bertz CT molecular complexity index is 356. The molecule has 0 heterocycles. The van der Waals surface area contributed by atoms with Crippen molar-refractivity contribution in [1.82, 2.24) is 4.72 Å². The summed E-state index contributed by atoms with van der Waals surface area (Å²) in [6, 6.07) is 0. The number of nitrogens with one attached hydrogen (secondary N) is 1. The minimum atomic E-state index is 0.532. The third kappa shape index (κ3) is 4.64. The first-order chi connectivity index (χ1) is 9.38. The summed E-state index contributed by atoms with van der Waals surface area (Å²) in [5.74, 6) is 2.46. The average molecular weight is 297 g/mol. The van der Waals surface area contributed by atoms with Crippen LogP contribution in [0.25, 0.3) is 0 Å². The van der Waals surface area contributed by atoms with Crippen molar-refractivity contribution in [1.29, 1.82) is 0 Å². The second-order valence-electron chi connectivity index (χ2n) is 6.66. The molecule has 20 heavy (non-hydrogen) atoms. The topological polar surface area (TPSA) is 38.0 Å². The monoisotopic (exact) mass is 296 g/mol. The van der Waals surface area contributed by atoms with Crippen LogP contribution >= 0.6 is 11.9 Å². The maximum Gasteiger partial charge on any atom is 0.0472 e. The van der Waals surface area contributed by atoms with Gasteiger partial charge < -0.3 is 5.73 Å². The van der Waals surface area contributed by atoms with Crippen LogP contribution in [0.3, 0.4) is 0 Å². The second kappa shape index (κ2) is 8.26. The number of allylic oxidation sites excluding steroid dienone is 3. The summed E-state index contributed by atoms with van der Waals surface area (Å²) in [4.78, 5) is 0. The summed E-state index contributed by atoms with van der Waals surface area (Å²) >= 11 is 1.87. The van der Waals surface area contributed by atoms with Gasteiger partial charge in [0.25, 0.3) is 0 Å². The molecule has 0 aromatic carbocycles. The lowest BCUT2D eigenvalue weighted by Gasteiger charge is -2.36. The van der Waals surface area contributed by atoms with Gasteiger partial charge in [-0.1, -0.05) is 71.2 Å². The van der Waals surface area contributed by atoms with E-state index in [1.54, 1.807) is 5.57 Å². The molecule has 2 atom stereocenters. The maximum atomic E-state index is 5.59. The Morgan fingerprint density at radius 2 is 1.80 bits per heavy atom. The molecule has 1 aliphatic rings. The van der Waals surface area contributed by atoms with Crippen molar-refractivity contribution in [3.8, 4) is 0 Å². The van der Waals surface area contributed by atoms with Gasteiger partial charge in [0.15, 0.2) is 0 Å². The molecular formula is C17H32N2S. The van der Waals surface area contributed by atoms with E-state index in [1.165, 1.54) is 5.57 Å². The molecule has 0 aliphatic heterocycles. The summed E-state index contributed by atoms with van der Waals surface area (Å²) in [5.41, 5.74) is 8.67. The zero-order chi connectivity index (χ0) is 15.3. The van der Waals surface area contributed by atoms with Crippen molar-refractivity contribution in [2.75, 3.05) is 13.1 Å². The molecule has 0 bridgehead atoms. The molecule has 116 valence electrons. The van der Waals surface area contributed by atoms with Crippen molar-refractivity contribution in [2.45, 2.75) is 46.8 Å². The lowest BCUT2D eigenvalue weighted by Crippen LogP contribution is -2.32. The number of hydrogen-bond donors (Lipinski definition) is 2. The van der Waals surface area contributed by atoms with Crippen LogP contribution in [0.1, 0.15) is 41.5 Å². The van der Waals surface area contributed by atoms with Gasteiger partial charge in [0.2, 0.25) is 0 Å². The largest absolute Gasteiger partial charge is 0.329 e. The summed E-state index contributed by atoms with van der Waals surface area (Å²) in [6.07, 6.45) is 4.94. The zero-order valence-electron chi connectivity index (χ0n) is 13.9. The molecule has 2 unspecified atom stereocenters. The third-order valence-corrected chi connectivity index (χ3v) is 5.17. The summed E-state index contributed by atoms with van der Waals surface area (Å²) in [6.45, 7) is 15.4. The molecule has 2 nitrogen and oxygen atoms in total. The van der Waals surface area contributed by atoms with E-state index < -0.39 is 0 Å². The van der Waals surface area contributed by atoms with E-state index >= 15 is 0 Å². The molecule has 0 aromatic heterocycles. The number of hydrogen-bond acceptors (Lipinski definition) is 3. The van der Waals surface area contributed by atoms with Gasteiger partial charge in [0.1, 0.15) is 0 Å². The van der Waals surface area contributed by atoms with Crippen LogP contribution in [-0.4, -0.2) is 18.3 Å². The zero-order valence-corrected chi connectivity index (χ0v) is 14.8. The van der Waals surface area contributed by atoms with E-state index in [1.807, 2.05) is 11.9 Å². The Balaban J connectivity index is 3.00. The predicted octanol–water partition coefficient (Wildman–Crippen LogP) is 4.00. The summed E-state index contributed by atoms with van der Waals surface area (Å²) in [7, 11) is 0. The van der Waals surface area contributed by atoms with E-state index in [0.717, 1.165) is 6.54 Å². The van der Waals surface area contributed by atoms with Gasteiger partial charge >= 0.3 is 0 Å². The molecule has 0 spiro atoms. The molecule has 3 heteroatoms. The van der Waals surface area contributed by atoms with Crippen molar-refractivity contribution >= 4 is 11.9 Å². The van der Waals surface area contributed by atoms with Crippen molar-refractivity contribution < 1.29 is 0 Å². The Hall–Kier alpha value is -0.250. The molecule has 0 saturated carbocycles. The van der Waals surface area contributed by atoms with E-state index in [2.05, 4.69) is 58.4 Å². The Kier molecular flexibility index (Phi) is 7.35. The molecule has 0 saturated heterocycles. The van der Waals surface area contributed by atoms with E-state index in [9.17, 15) is 0 Å². The van der Waals surface area contributed by atoms with Crippen LogP contribution in [0, 0.1) is 23.7 Å². The third-order valence-electron chi connectivity index (χ3n) is 3.96. The highest BCUT2D eigenvalue weighted by atomic mass is 32.2.